The standard InChI is InChI=1S/C12H19N3O2/c1-2-9-11(13)14-10(15-12(9)16)7-8-5-3-4-6-17-8/h8H,2-7H2,1H3,(H3,13,14,15,16). The Hall–Kier alpha value is -1.36. The summed E-state index contributed by atoms with van der Waals surface area (Å²) >= 11 is 0. The van der Waals surface area contributed by atoms with Gasteiger partial charge in [-0.05, 0) is 25.7 Å². The van der Waals surface area contributed by atoms with E-state index in [0.717, 1.165) is 19.4 Å². The summed E-state index contributed by atoms with van der Waals surface area (Å²) in [5.41, 5.74) is 6.21. The largest absolute Gasteiger partial charge is 0.383 e. The molecule has 1 unspecified atom stereocenters. The van der Waals surface area contributed by atoms with Crippen LogP contribution in [0.15, 0.2) is 4.79 Å². The lowest BCUT2D eigenvalue weighted by Crippen LogP contribution is -2.26. The maximum atomic E-state index is 11.7. The van der Waals surface area contributed by atoms with E-state index in [2.05, 4.69) is 9.97 Å². The number of aromatic amines is 1. The Balaban J connectivity index is 2.13. The number of anilines is 1. The van der Waals surface area contributed by atoms with Gasteiger partial charge in [0.25, 0.3) is 5.56 Å². The van der Waals surface area contributed by atoms with Gasteiger partial charge in [0.1, 0.15) is 11.6 Å². The third-order valence-corrected chi connectivity index (χ3v) is 3.15. The van der Waals surface area contributed by atoms with Crippen molar-refractivity contribution in [2.75, 3.05) is 12.3 Å². The predicted molar refractivity (Wildman–Crippen MR) is 65.9 cm³/mol. The lowest BCUT2D eigenvalue weighted by Gasteiger charge is -2.22. The van der Waals surface area contributed by atoms with E-state index < -0.39 is 0 Å². The molecule has 17 heavy (non-hydrogen) atoms. The van der Waals surface area contributed by atoms with E-state index in [1.165, 1.54) is 6.42 Å². The zero-order valence-corrected chi connectivity index (χ0v) is 10.2. The Kier molecular flexibility index (Phi) is 3.78. The lowest BCUT2D eigenvalue weighted by atomic mass is 10.1. The van der Waals surface area contributed by atoms with Crippen molar-refractivity contribution in [2.45, 2.75) is 45.1 Å². The molecule has 2 heterocycles. The minimum absolute atomic E-state index is 0.120. The summed E-state index contributed by atoms with van der Waals surface area (Å²) in [7, 11) is 0. The molecule has 0 aromatic carbocycles. The van der Waals surface area contributed by atoms with Crippen molar-refractivity contribution in [3.8, 4) is 0 Å². The molecule has 2 rings (SSSR count). The number of hydrogen-bond donors (Lipinski definition) is 2. The third-order valence-electron chi connectivity index (χ3n) is 3.15. The van der Waals surface area contributed by atoms with Crippen LogP contribution >= 0.6 is 0 Å². The quantitative estimate of drug-likeness (QED) is 0.822. The average Bonchev–Trinajstić information content (AvgIpc) is 2.30. The molecule has 5 nitrogen and oxygen atoms in total. The molecule has 94 valence electrons. The van der Waals surface area contributed by atoms with Crippen molar-refractivity contribution >= 4 is 5.82 Å². The smallest absolute Gasteiger partial charge is 0.256 e. The molecule has 1 aromatic heterocycles. The monoisotopic (exact) mass is 237 g/mol. The first kappa shape index (κ1) is 12.1. The fourth-order valence-corrected chi connectivity index (χ4v) is 2.19. The number of nitrogen functional groups attached to an aromatic ring is 1. The topological polar surface area (TPSA) is 81.0 Å². The zero-order valence-electron chi connectivity index (χ0n) is 10.2. The zero-order chi connectivity index (χ0) is 12.3. The number of H-pyrrole nitrogens is 1. The first-order chi connectivity index (χ1) is 8.20. The van der Waals surface area contributed by atoms with Gasteiger partial charge in [0.2, 0.25) is 0 Å². The second-order valence-electron chi connectivity index (χ2n) is 4.42. The summed E-state index contributed by atoms with van der Waals surface area (Å²) in [5, 5.41) is 0. The van der Waals surface area contributed by atoms with Gasteiger partial charge in [-0.3, -0.25) is 4.79 Å². The molecule has 1 aromatic rings. The van der Waals surface area contributed by atoms with Gasteiger partial charge in [0.05, 0.1) is 11.7 Å². The van der Waals surface area contributed by atoms with Crippen LogP contribution in [0.3, 0.4) is 0 Å². The molecule has 1 atom stereocenters. The average molecular weight is 237 g/mol. The van der Waals surface area contributed by atoms with Gasteiger partial charge in [-0.2, -0.15) is 0 Å². The van der Waals surface area contributed by atoms with Crippen LogP contribution in [0.25, 0.3) is 0 Å². The number of nitrogens with two attached hydrogens (primary N) is 1. The minimum Gasteiger partial charge on any atom is -0.383 e. The number of nitrogens with one attached hydrogen (secondary N) is 1. The number of ether oxygens (including phenoxy) is 1. The van der Waals surface area contributed by atoms with Crippen LogP contribution in [0.1, 0.15) is 37.6 Å². The van der Waals surface area contributed by atoms with E-state index in [1.807, 2.05) is 6.92 Å². The summed E-state index contributed by atoms with van der Waals surface area (Å²) in [6, 6.07) is 0. The van der Waals surface area contributed by atoms with Crippen LogP contribution in [0.4, 0.5) is 5.82 Å². The third kappa shape index (κ3) is 2.85. The van der Waals surface area contributed by atoms with Gasteiger partial charge in [0.15, 0.2) is 0 Å². The highest BCUT2D eigenvalue weighted by Gasteiger charge is 2.16. The molecule has 5 heteroatoms. The molecular formula is C12H19N3O2. The SMILES string of the molecule is CCc1c(N)nc(CC2CCCCO2)[nH]c1=O. The van der Waals surface area contributed by atoms with Crippen molar-refractivity contribution in [3.63, 3.8) is 0 Å². The van der Waals surface area contributed by atoms with E-state index in [-0.39, 0.29) is 11.7 Å². The van der Waals surface area contributed by atoms with Crippen molar-refractivity contribution < 1.29 is 4.74 Å². The maximum Gasteiger partial charge on any atom is 0.256 e. The van der Waals surface area contributed by atoms with Crippen LogP contribution in [0, 0.1) is 0 Å². The fraction of sp³-hybridized carbons (Fsp3) is 0.667. The van der Waals surface area contributed by atoms with Gasteiger partial charge in [-0.15, -0.1) is 0 Å². The summed E-state index contributed by atoms with van der Waals surface area (Å²) in [6.45, 7) is 2.70. The molecule has 0 radical (unpaired) electrons. The minimum atomic E-state index is -0.120. The Labute approximate surface area is 100 Å². The van der Waals surface area contributed by atoms with E-state index in [9.17, 15) is 4.79 Å². The van der Waals surface area contributed by atoms with Gasteiger partial charge >= 0.3 is 0 Å². The van der Waals surface area contributed by atoms with Crippen LogP contribution < -0.4 is 11.3 Å². The van der Waals surface area contributed by atoms with E-state index in [1.54, 1.807) is 0 Å². The van der Waals surface area contributed by atoms with E-state index in [4.69, 9.17) is 10.5 Å². The normalized spacial score (nSPS) is 20.4. The first-order valence-electron chi connectivity index (χ1n) is 6.20. The molecule has 0 bridgehead atoms. The van der Waals surface area contributed by atoms with Crippen molar-refractivity contribution in [1.29, 1.82) is 0 Å². The number of rotatable bonds is 3. The van der Waals surface area contributed by atoms with Gasteiger partial charge in [-0.1, -0.05) is 6.92 Å². The highest BCUT2D eigenvalue weighted by atomic mass is 16.5. The first-order valence-corrected chi connectivity index (χ1v) is 6.20. The van der Waals surface area contributed by atoms with Crippen molar-refractivity contribution in [1.82, 2.24) is 9.97 Å². The van der Waals surface area contributed by atoms with Gasteiger partial charge in [0, 0.05) is 13.0 Å². The molecule has 1 aliphatic heterocycles. The fourth-order valence-electron chi connectivity index (χ4n) is 2.19. The highest BCUT2D eigenvalue weighted by Crippen LogP contribution is 2.16. The molecular weight excluding hydrogens is 218 g/mol. The summed E-state index contributed by atoms with van der Waals surface area (Å²) in [5.74, 6) is 0.985. The molecule has 0 spiro atoms. The number of nitrogens with zero attached hydrogens (tertiary/aromatic N) is 1. The Bertz CT molecular complexity index is 436. The number of aromatic nitrogens is 2. The molecule has 0 saturated carbocycles. The Morgan fingerprint density at radius 1 is 1.53 bits per heavy atom. The summed E-state index contributed by atoms with van der Waals surface area (Å²) in [6.07, 6.45) is 4.74. The Morgan fingerprint density at radius 2 is 2.35 bits per heavy atom. The molecule has 0 aliphatic carbocycles. The summed E-state index contributed by atoms with van der Waals surface area (Å²) in [4.78, 5) is 18.7. The molecule has 1 aliphatic rings. The van der Waals surface area contributed by atoms with Gasteiger partial charge < -0.3 is 15.5 Å². The lowest BCUT2D eigenvalue weighted by molar-refractivity contribution is 0.0156. The van der Waals surface area contributed by atoms with Crippen LogP contribution in [0.5, 0.6) is 0 Å². The van der Waals surface area contributed by atoms with E-state index in [0.29, 0.717) is 30.0 Å². The van der Waals surface area contributed by atoms with Crippen LogP contribution in [0.2, 0.25) is 0 Å². The van der Waals surface area contributed by atoms with Crippen LogP contribution in [-0.4, -0.2) is 22.7 Å². The number of hydrogen-bond acceptors (Lipinski definition) is 4. The maximum absolute atomic E-state index is 11.7. The van der Waals surface area contributed by atoms with E-state index >= 15 is 0 Å². The van der Waals surface area contributed by atoms with Crippen LogP contribution in [-0.2, 0) is 17.6 Å². The Morgan fingerprint density at radius 3 is 2.94 bits per heavy atom. The second kappa shape index (κ2) is 5.31. The highest BCUT2D eigenvalue weighted by molar-refractivity contribution is 5.37. The molecule has 1 fully saturated rings. The molecule has 0 amide bonds. The van der Waals surface area contributed by atoms with Crippen molar-refractivity contribution in [2.24, 2.45) is 0 Å². The van der Waals surface area contributed by atoms with Crippen molar-refractivity contribution in [3.05, 3.63) is 21.7 Å². The summed E-state index contributed by atoms with van der Waals surface area (Å²) < 4.78 is 5.62. The van der Waals surface area contributed by atoms with Gasteiger partial charge in [-0.25, -0.2) is 4.98 Å². The molecule has 3 N–H and O–H groups in total. The predicted octanol–water partition coefficient (Wildman–Crippen LogP) is 1.03. The molecule has 1 saturated heterocycles. The second-order valence-corrected chi connectivity index (χ2v) is 4.42.